The lowest BCUT2D eigenvalue weighted by Gasteiger charge is -2.26. The van der Waals surface area contributed by atoms with Gasteiger partial charge in [0.15, 0.2) is 0 Å². The molecule has 4 nitrogen and oxygen atoms in total. The molecule has 0 unspecified atom stereocenters. The Hall–Kier alpha value is -1.06. The van der Waals surface area contributed by atoms with Crippen molar-refractivity contribution in [3.63, 3.8) is 0 Å². The van der Waals surface area contributed by atoms with Gasteiger partial charge in [0.1, 0.15) is 0 Å². The summed E-state index contributed by atoms with van der Waals surface area (Å²) in [7, 11) is 0. The summed E-state index contributed by atoms with van der Waals surface area (Å²) in [5.41, 5.74) is 0. The maximum atomic E-state index is 12.4. The first-order chi connectivity index (χ1) is 9.70. The highest BCUT2D eigenvalue weighted by molar-refractivity contribution is 5.78. The standard InChI is InChI=1S/C16H27NO3/c1-2-20-16(19)10-11-17(14-8-9-14)15(18)12-13-6-4-3-5-7-13/h13-14H,2-12H2,1H3. The Kier molecular flexibility index (Phi) is 5.86. The van der Waals surface area contributed by atoms with Crippen molar-refractivity contribution in [2.24, 2.45) is 5.92 Å². The van der Waals surface area contributed by atoms with Crippen molar-refractivity contribution in [1.29, 1.82) is 0 Å². The van der Waals surface area contributed by atoms with Crippen molar-refractivity contribution in [2.75, 3.05) is 13.2 Å². The molecule has 2 saturated carbocycles. The smallest absolute Gasteiger partial charge is 0.307 e. The summed E-state index contributed by atoms with van der Waals surface area (Å²) in [4.78, 5) is 25.8. The van der Waals surface area contributed by atoms with Crippen molar-refractivity contribution in [3.8, 4) is 0 Å². The molecule has 2 rings (SSSR count). The van der Waals surface area contributed by atoms with Gasteiger partial charge in [-0.25, -0.2) is 0 Å². The van der Waals surface area contributed by atoms with E-state index in [1.807, 2.05) is 11.8 Å². The van der Waals surface area contributed by atoms with Crippen LogP contribution < -0.4 is 0 Å². The molecule has 0 bridgehead atoms. The minimum absolute atomic E-state index is 0.191. The number of hydrogen-bond donors (Lipinski definition) is 0. The first kappa shape index (κ1) is 15.3. The van der Waals surface area contributed by atoms with Crippen LogP contribution in [0.5, 0.6) is 0 Å². The number of ether oxygens (including phenoxy) is 1. The fourth-order valence-electron chi connectivity index (χ4n) is 3.10. The summed E-state index contributed by atoms with van der Waals surface area (Å²) in [5, 5.41) is 0. The quantitative estimate of drug-likeness (QED) is 0.674. The number of amides is 1. The van der Waals surface area contributed by atoms with E-state index >= 15 is 0 Å². The maximum Gasteiger partial charge on any atom is 0.307 e. The molecule has 114 valence electrons. The fourth-order valence-corrected chi connectivity index (χ4v) is 3.10. The second-order valence-electron chi connectivity index (χ2n) is 6.08. The van der Waals surface area contributed by atoms with Crippen molar-refractivity contribution >= 4 is 11.9 Å². The van der Waals surface area contributed by atoms with Crippen LogP contribution in [-0.2, 0) is 14.3 Å². The Bertz CT molecular complexity index is 333. The molecule has 0 atom stereocenters. The van der Waals surface area contributed by atoms with E-state index in [1.54, 1.807) is 0 Å². The molecule has 20 heavy (non-hydrogen) atoms. The molecule has 2 fully saturated rings. The number of hydrogen-bond acceptors (Lipinski definition) is 3. The lowest BCUT2D eigenvalue weighted by molar-refractivity contribution is -0.144. The molecule has 0 radical (unpaired) electrons. The summed E-state index contributed by atoms with van der Waals surface area (Å²) < 4.78 is 4.95. The van der Waals surface area contributed by atoms with Crippen LogP contribution in [0.2, 0.25) is 0 Å². The van der Waals surface area contributed by atoms with Crippen molar-refractivity contribution < 1.29 is 14.3 Å². The van der Waals surface area contributed by atoms with E-state index in [2.05, 4.69) is 0 Å². The third-order valence-corrected chi connectivity index (χ3v) is 4.36. The van der Waals surface area contributed by atoms with E-state index in [9.17, 15) is 9.59 Å². The van der Waals surface area contributed by atoms with E-state index in [0.29, 0.717) is 38.0 Å². The van der Waals surface area contributed by atoms with E-state index in [-0.39, 0.29) is 11.9 Å². The summed E-state index contributed by atoms with van der Waals surface area (Å²) >= 11 is 0. The normalized spacial score (nSPS) is 19.6. The van der Waals surface area contributed by atoms with E-state index in [1.165, 1.54) is 32.1 Å². The second kappa shape index (κ2) is 7.65. The van der Waals surface area contributed by atoms with Gasteiger partial charge in [0, 0.05) is 19.0 Å². The van der Waals surface area contributed by atoms with E-state index in [4.69, 9.17) is 4.74 Å². The number of nitrogens with zero attached hydrogens (tertiary/aromatic N) is 1. The van der Waals surface area contributed by atoms with Crippen LogP contribution in [0.25, 0.3) is 0 Å². The van der Waals surface area contributed by atoms with Crippen LogP contribution in [0.1, 0.15) is 64.7 Å². The highest BCUT2D eigenvalue weighted by Gasteiger charge is 2.33. The largest absolute Gasteiger partial charge is 0.466 e. The molecular weight excluding hydrogens is 254 g/mol. The first-order valence-electron chi connectivity index (χ1n) is 8.15. The molecule has 0 heterocycles. The van der Waals surface area contributed by atoms with E-state index < -0.39 is 0 Å². The van der Waals surface area contributed by atoms with Crippen LogP contribution in [0.15, 0.2) is 0 Å². The number of rotatable bonds is 7. The lowest BCUT2D eigenvalue weighted by Crippen LogP contribution is -2.36. The lowest BCUT2D eigenvalue weighted by atomic mass is 9.86. The van der Waals surface area contributed by atoms with Crippen molar-refractivity contribution in [3.05, 3.63) is 0 Å². The van der Waals surface area contributed by atoms with Crippen LogP contribution in [0.3, 0.4) is 0 Å². The molecule has 2 aliphatic carbocycles. The Morgan fingerprint density at radius 2 is 1.80 bits per heavy atom. The van der Waals surface area contributed by atoms with Gasteiger partial charge in [0.2, 0.25) is 5.91 Å². The third-order valence-electron chi connectivity index (χ3n) is 4.36. The first-order valence-corrected chi connectivity index (χ1v) is 8.15. The van der Waals surface area contributed by atoms with Gasteiger partial charge in [0.05, 0.1) is 13.0 Å². The maximum absolute atomic E-state index is 12.4. The molecule has 2 aliphatic rings. The Morgan fingerprint density at radius 1 is 1.10 bits per heavy atom. The molecule has 0 aromatic carbocycles. The Labute approximate surface area is 121 Å². The van der Waals surface area contributed by atoms with Gasteiger partial charge in [-0.15, -0.1) is 0 Å². The average molecular weight is 281 g/mol. The predicted molar refractivity (Wildman–Crippen MR) is 77.2 cm³/mol. The van der Waals surface area contributed by atoms with Crippen LogP contribution >= 0.6 is 0 Å². The van der Waals surface area contributed by atoms with Gasteiger partial charge < -0.3 is 9.64 Å². The zero-order chi connectivity index (χ0) is 14.4. The minimum Gasteiger partial charge on any atom is -0.466 e. The molecule has 0 N–H and O–H groups in total. The summed E-state index contributed by atoms with van der Waals surface area (Å²) in [6.07, 6.45) is 9.46. The summed E-state index contributed by atoms with van der Waals surface area (Å²) in [5.74, 6) is 0.632. The minimum atomic E-state index is -0.191. The van der Waals surface area contributed by atoms with Crippen molar-refractivity contribution in [2.45, 2.75) is 70.8 Å². The molecule has 0 spiro atoms. The monoisotopic (exact) mass is 281 g/mol. The van der Waals surface area contributed by atoms with E-state index in [0.717, 1.165) is 12.8 Å². The van der Waals surface area contributed by atoms with Gasteiger partial charge in [0.25, 0.3) is 0 Å². The Balaban J connectivity index is 1.78. The number of carbonyl (C=O) groups excluding carboxylic acids is 2. The zero-order valence-corrected chi connectivity index (χ0v) is 12.6. The van der Waals surface area contributed by atoms with Crippen LogP contribution in [0.4, 0.5) is 0 Å². The third kappa shape index (κ3) is 4.80. The topological polar surface area (TPSA) is 46.6 Å². The van der Waals surface area contributed by atoms with Gasteiger partial charge in [-0.1, -0.05) is 19.3 Å². The Morgan fingerprint density at radius 3 is 2.40 bits per heavy atom. The van der Waals surface area contributed by atoms with Gasteiger partial charge >= 0.3 is 5.97 Å². The second-order valence-corrected chi connectivity index (χ2v) is 6.08. The zero-order valence-electron chi connectivity index (χ0n) is 12.6. The summed E-state index contributed by atoms with van der Waals surface area (Å²) in [6.45, 7) is 2.76. The number of esters is 1. The summed E-state index contributed by atoms with van der Waals surface area (Å²) in [6, 6.07) is 0.389. The number of carbonyl (C=O) groups is 2. The van der Waals surface area contributed by atoms with Gasteiger partial charge in [-0.3, -0.25) is 9.59 Å². The van der Waals surface area contributed by atoms with Gasteiger partial charge in [-0.2, -0.15) is 0 Å². The molecule has 0 saturated heterocycles. The van der Waals surface area contributed by atoms with Gasteiger partial charge in [-0.05, 0) is 38.5 Å². The SMILES string of the molecule is CCOC(=O)CCN(C(=O)CC1CCCCC1)C1CC1. The molecule has 0 aromatic heterocycles. The van der Waals surface area contributed by atoms with Crippen molar-refractivity contribution in [1.82, 2.24) is 4.90 Å². The van der Waals surface area contributed by atoms with Crippen LogP contribution in [-0.4, -0.2) is 36.0 Å². The highest BCUT2D eigenvalue weighted by atomic mass is 16.5. The molecule has 0 aromatic rings. The molecule has 4 heteroatoms. The highest BCUT2D eigenvalue weighted by Crippen LogP contribution is 2.31. The van der Waals surface area contributed by atoms with Crippen LogP contribution in [0, 0.1) is 5.92 Å². The molecule has 1 amide bonds. The molecule has 0 aliphatic heterocycles. The fraction of sp³-hybridized carbons (Fsp3) is 0.875. The average Bonchev–Trinajstić information content (AvgIpc) is 3.25. The predicted octanol–water partition coefficient (Wildman–Crippen LogP) is 2.90. The molecular formula is C16H27NO3.